The van der Waals surface area contributed by atoms with Gasteiger partial charge in [-0.25, -0.2) is 9.59 Å². The number of halogens is 1. The van der Waals surface area contributed by atoms with Crippen LogP contribution in [-0.4, -0.2) is 18.6 Å². The fourth-order valence-electron chi connectivity index (χ4n) is 4.07. The van der Waals surface area contributed by atoms with Crippen molar-refractivity contribution < 1.29 is 23.5 Å². The molecule has 0 bridgehead atoms. The summed E-state index contributed by atoms with van der Waals surface area (Å²) in [7, 11) is 0. The van der Waals surface area contributed by atoms with E-state index in [4.69, 9.17) is 25.5 Å². The summed E-state index contributed by atoms with van der Waals surface area (Å²) >= 11 is 6.34. The van der Waals surface area contributed by atoms with Gasteiger partial charge in [0.2, 0.25) is 0 Å². The van der Waals surface area contributed by atoms with Gasteiger partial charge in [-0.05, 0) is 49.3 Å². The van der Waals surface area contributed by atoms with Crippen LogP contribution in [0.3, 0.4) is 0 Å². The molecule has 1 aromatic heterocycles. The molecule has 0 unspecified atom stereocenters. The van der Waals surface area contributed by atoms with Crippen molar-refractivity contribution in [1.29, 1.82) is 0 Å². The fraction of sp³-hybridized carbons (Fsp3) is 0.346. The van der Waals surface area contributed by atoms with Crippen molar-refractivity contribution >= 4 is 34.6 Å². The lowest BCUT2D eigenvalue weighted by Crippen LogP contribution is -2.25. The molecule has 0 saturated heterocycles. The number of unbranched alkanes of at least 4 members (excludes halogenated alkanes) is 2. The molecule has 1 aliphatic carbocycles. The van der Waals surface area contributed by atoms with Gasteiger partial charge < -0.3 is 19.2 Å². The maximum atomic E-state index is 12.3. The van der Waals surface area contributed by atoms with Crippen LogP contribution in [0.1, 0.15) is 48.8 Å². The number of nitrogens with one attached hydrogen (secondary N) is 1. The molecule has 7 nitrogen and oxygen atoms in total. The first-order valence-electron chi connectivity index (χ1n) is 11.4. The molecule has 0 fully saturated rings. The Hall–Kier alpha value is -3.32. The summed E-state index contributed by atoms with van der Waals surface area (Å²) in [5, 5.41) is 3.80. The van der Waals surface area contributed by atoms with Crippen molar-refractivity contribution in [3.8, 4) is 5.75 Å². The molecule has 0 aliphatic heterocycles. The van der Waals surface area contributed by atoms with E-state index in [1.54, 1.807) is 6.07 Å². The van der Waals surface area contributed by atoms with Crippen molar-refractivity contribution in [2.24, 2.45) is 0 Å². The van der Waals surface area contributed by atoms with Crippen LogP contribution >= 0.6 is 11.6 Å². The first-order chi connectivity index (χ1) is 16.5. The lowest BCUT2D eigenvalue weighted by atomic mass is 10.1. The molecule has 0 atom stereocenters. The summed E-state index contributed by atoms with van der Waals surface area (Å²) in [6, 6.07) is 12.7. The number of carbonyl (C=O) groups excluding carboxylic acids is 2. The predicted molar refractivity (Wildman–Crippen MR) is 128 cm³/mol. The van der Waals surface area contributed by atoms with E-state index in [0.29, 0.717) is 42.0 Å². The first kappa shape index (κ1) is 23.8. The molecule has 0 saturated carbocycles. The van der Waals surface area contributed by atoms with E-state index < -0.39 is 12.1 Å². The predicted octanol–water partition coefficient (Wildman–Crippen LogP) is 5.33. The molecule has 2 aromatic carbocycles. The third-order valence-corrected chi connectivity index (χ3v) is 6.09. The summed E-state index contributed by atoms with van der Waals surface area (Å²) < 4.78 is 16.0. The number of esters is 1. The number of ether oxygens (including phenoxy) is 2. The Labute approximate surface area is 202 Å². The molecular weight excluding hydrogens is 458 g/mol. The Balaban J connectivity index is 1.18. The summed E-state index contributed by atoms with van der Waals surface area (Å²) in [6.45, 7) is 0.685. The van der Waals surface area contributed by atoms with E-state index in [0.717, 1.165) is 35.8 Å². The minimum atomic E-state index is -0.466. The Bertz CT molecular complexity index is 1240. The monoisotopic (exact) mass is 483 g/mol. The van der Waals surface area contributed by atoms with Gasteiger partial charge in [-0.2, -0.15) is 0 Å². The van der Waals surface area contributed by atoms with E-state index >= 15 is 0 Å². The van der Waals surface area contributed by atoms with Gasteiger partial charge in [0, 0.05) is 30.0 Å². The van der Waals surface area contributed by atoms with Crippen molar-refractivity contribution in [2.45, 2.75) is 51.6 Å². The fourth-order valence-corrected chi connectivity index (χ4v) is 4.27. The molecule has 1 heterocycles. The van der Waals surface area contributed by atoms with E-state index in [1.165, 1.54) is 6.07 Å². The highest BCUT2D eigenvalue weighted by Gasteiger charge is 2.21. The second-order valence-electron chi connectivity index (χ2n) is 8.25. The molecular formula is C26H26ClNO6. The second-order valence-corrected chi connectivity index (χ2v) is 8.66. The van der Waals surface area contributed by atoms with Crippen LogP contribution in [0.5, 0.6) is 5.75 Å². The molecule has 0 spiro atoms. The molecule has 3 aromatic rings. The summed E-state index contributed by atoms with van der Waals surface area (Å²) in [4.78, 5) is 36.1. The lowest BCUT2D eigenvalue weighted by molar-refractivity contribution is -0.134. The van der Waals surface area contributed by atoms with Gasteiger partial charge in [-0.3, -0.25) is 4.79 Å². The summed E-state index contributed by atoms with van der Waals surface area (Å²) in [6.07, 6.45) is 4.23. The third-order valence-electron chi connectivity index (χ3n) is 5.79. The van der Waals surface area contributed by atoms with Gasteiger partial charge in [-0.15, -0.1) is 0 Å². The average molecular weight is 484 g/mol. The quantitative estimate of drug-likeness (QED) is 0.191. The number of rotatable bonds is 9. The van der Waals surface area contributed by atoms with E-state index in [-0.39, 0.29) is 24.4 Å². The van der Waals surface area contributed by atoms with Crippen LogP contribution in [0.4, 0.5) is 4.79 Å². The normalized spacial score (nSPS) is 12.4. The van der Waals surface area contributed by atoms with Crippen LogP contribution in [-0.2, 0) is 29.0 Å². The molecule has 1 amide bonds. The number of hydrogen-bond donors (Lipinski definition) is 1. The van der Waals surface area contributed by atoms with Crippen LogP contribution in [0.25, 0.3) is 11.0 Å². The smallest absolute Gasteiger partial charge is 0.407 e. The molecule has 34 heavy (non-hydrogen) atoms. The minimum Gasteiger partial charge on any atom is -0.445 e. The summed E-state index contributed by atoms with van der Waals surface area (Å²) in [5.41, 5.74) is 2.66. The van der Waals surface area contributed by atoms with Crippen LogP contribution in [0, 0.1) is 0 Å². The van der Waals surface area contributed by atoms with Crippen LogP contribution in [0.2, 0.25) is 5.02 Å². The zero-order chi connectivity index (χ0) is 23.9. The van der Waals surface area contributed by atoms with Gasteiger partial charge >= 0.3 is 17.7 Å². The van der Waals surface area contributed by atoms with Gasteiger partial charge in [-0.1, -0.05) is 48.4 Å². The number of alkyl carbamates (subject to hydrolysis) is 1. The molecule has 178 valence electrons. The van der Waals surface area contributed by atoms with Crippen molar-refractivity contribution in [1.82, 2.24) is 5.32 Å². The molecule has 8 heteroatoms. The van der Waals surface area contributed by atoms with Gasteiger partial charge in [0.1, 0.15) is 12.2 Å². The SMILES string of the molecule is O=C(CCCCCNC(=O)OCc1ccccc1)Oc1cc2oc(=O)c3c(c2cc1Cl)CCC3. The molecule has 4 rings (SSSR count). The third kappa shape index (κ3) is 5.97. The number of benzene rings is 2. The number of hydrogen-bond acceptors (Lipinski definition) is 6. The van der Waals surface area contributed by atoms with Crippen molar-refractivity contribution in [3.05, 3.63) is 74.6 Å². The highest BCUT2D eigenvalue weighted by Crippen LogP contribution is 2.34. The molecule has 1 N–H and O–H groups in total. The highest BCUT2D eigenvalue weighted by atomic mass is 35.5. The Morgan fingerprint density at radius 2 is 1.82 bits per heavy atom. The topological polar surface area (TPSA) is 94.8 Å². The Kier molecular flexibility index (Phi) is 7.85. The zero-order valence-corrected chi connectivity index (χ0v) is 19.5. The highest BCUT2D eigenvalue weighted by molar-refractivity contribution is 6.33. The largest absolute Gasteiger partial charge is 0.445 e. The van der Waals surface area contributed by atoms with E-state index in [9.17, 15) is 14.4 Å². The maximum absolute atomic E-state index is 12.3. The molecule has 1 aliphatic rings. The summed E-state index contributed by atoms with van der Waals surface area (Å²) in [5.74, 6) is -0.233. The maximum Gasteiger partial charge on any atom is 0.407 e. The Morgan fingerprint density at radius 3 is 2.65 bits per heavy atom. The average Bonchev–Trinajstić information content (AvgIpc) is 3.33. The standard InChI is InChI=1S/C26H26ClNO6/c27-21-14-20-18-10-7-11-19(18)25(30)34-22(20)15-23(21)33-24(29)12-5-2-6-13-28-26(31)32-16-17-8-3-1-4-9-17/h1,3-4,8-9,14-15H,2,5-7,10-13,16H2,(H,28,31). The van der Waals surface area contributed by atoms with Crippen molar-refractivity contribution in [2.75, 3.05) is 6.54 Å². The number of fused-ring (bicyclic) bond motifs is 3. The second kappa shape index (κ2) is 11.2. The van der Waals surface area contributed by atoms with E-state index in [2.05, 4.69) is 5.32 Å². The first-order valence-corrected chi connectivity index (χ1v) is 11.8. The minimum absolute atomic E-state index is 0.183. The zero-order valence-electron chi connectivity index (χ0n) is 18.7. The number of aryl methyl sites for hydroxylation is 1. The van der Waals surface area contributed by atoms with Gasteiger partial charge in [0.05, 0.1) is 5.02 Å². The Morgan fingerprint density at radius 1 is 1.03 bits per heavy atom. The van der Waals surface area contributed by atoms with E-state index in [1.807, 2.05) is 30.3 Å². The van der Waals surface area contributed by atoms with Gasteiger partial charge in [0.15, 0.2) is 5.75 Å². The molecule has 0 radical (unpaired) electrons. The lowest BCUT2D eigenvalue weighted by Gasteiger charge is -2.10. The van der Waals surface area contributed by atoms with Crippen molar-refractivity contribution in [3.63, 3.8) is 0 Å². The number of carbonyl (C=O) groups is 2. The van der Waals surface area contributed by atoms with Gasteiger partial charge in [0.25, 0.3) is 0 Å². The van der Waals surface area contributed by atoms with Crippen LogP contribution in [0.15, 0.2) is 51.7 Å². The number of amides is 1. The van der Waals surface area contributed by atoms with Crippen LogP contribution < -0.4 is 15.7 Å².